The maximum Gasteiger partial charge on any atom is 0.321 e. The standard InChI is InChI=1S/C27H36N6O4S/c1-19-15-32(20(2)17-34)26(35)7-4-12-33-23(14-28-30-33)18-37-24(19)16-31(3)27(36)29-22-10-8-21(9-11-22)25-6-5-13-38-25/h5-6,8-11,13-14,19-20,24,34H,4,7,12,15-18H2,1-3H3,(H,29,36)/t19-,20-,24+/m1/s1. The molecule has 0 spiro atoms. The molecule has 0 saturated heterocycles. The van der Waals surface area contributed by atoms with Crippen LogP contribution in [0, 0.1) is 5.92 Å². The highest BCUT2D eigenvalue weighted by molar-refractivity contribution is 7.13. The smallest absolute Gasteiger partial charge is 0.321 e. The molecule has 11 heteroatoms. The van der Waals surface area contributed by atoms with Crippen molar-refractivity contribution in [2.45, 2.75) is 52.0 Å². The van der Waals surface area contributed by atoms with E-state index in [4.69, 9.17) is 4.74 Å². The van der Waals surface area contributed by atoms with Crippen molar-refractivity contribution >= 4 is 29.0 Å². The highest BCUT2D eigenvalue weighted by Crippen LogP contribution is 2.26. The fraction of sp³-hybridized carbons (Fsp3) is 0.481. The first-order valence-electron chi connectivity index (χ1n) is 12.9. The zero-order valence-corrected chi connectivity index (χ0v) is 22.9. The summed E-state index contributed by atoms with van der Waals surface area (Å²) in [7, 11) is 1.73. The monoisotopic (exact) mass is 540 g/mol. The molecule has 3 aromatic rings. The molecule has 2 N–H and O–H groups in total. The lowest BCUT2D eigenvalue weighted by Crippen LogP contribution is -2.48. The number of carbonyl (C=O) groups is 2. The third kappa shape index (κ3) is 6.97. The SMILES string of the molecule is C[C@@H]1CN([C@H](C)CO)C(=O)CCCn2nncc2CO[C@H]1CN(C)C(=O)Nc1ccc(-c2cccs2)cc1. The van der Waals surface area contributed by atoms with Crippen LogP contribution in [0.4, 0.5) is 10.5 Å². The Bertz CT molecular complexity index is 1180. The zero-order valence-electron chi connectivity index (χ0n) is 22.1. The van der Waals surface area contributed by atoms with Crippen molar-refractivity contribution in [1.82, 2.24) is 24.8 Å². The van der Waals surface area contributed by atoms with Crippen LogP contribution in [0.5, 0.6) is 0 Å². The summed E-state index contributed by atoms with van der Waals surface area (Å²) < 4.78 is 8.07. The van der Waals surface area contributed by atoms with Gasteiger partial charge in [-0.3, -0.25) is 4.79 Å². The Kier molecular flexibility index (Phi) is 9.48. The number of anilines is 1. The molecule has 2 aromatic heterocycles. The van der Waals surface area contributed by atoms with Gasteiger partial charge in [-0.1, -0.05) is 30.3 Å². The van der Waals surface area contributed by atoms with Crippen molar-refractivity contribution in [3.63, 3.8) is 0 Å². The molecular weight excluding hydrogens is 504 g/mol. The Balaban J connectivity index is 1.45. The summed E-state index contributed by atoms with van der Waals surface area (Å²) in [5.41, 5.74) is 2.64. The van der Waals surface area contributed by atoms with Crippen LogP contribution in [0.25, 0.3) is 10.4 Å². The minimum atomic E-state index is -0.365. The molecule has 3 heterocycles. The lowest BCUT2D eigenvalue weighted by atomic mass is 10.0. The second-order valence-corrected chi connectivity index (χ2v) is 10.8. The number of rotatable bonds is 6. The number of fused-ring (bicyclic) bond motifs is 1. The number of benzene rings is 1. The molecule has 0 saturated carbocycles. The van der Waals surface area contributed by atoms with Gasteiger partial charge in [0, 0.05) is 49.6 Å². The molecule has 204 valence electrons. The molecule has 1 aromatic carbocycles. The summed E-state index contributed by atoms with van der Waals surface area (Å²) in [5, 5.41) is 22.9. The second kappa shape index (κ2) is 13.0. The second-order valence-electron chi connectivity index (χ2n) is 9.82. The van der Waals surface area contributed by atoms with Crippen LogP contribution in [-0.4, -0.2) is 80.7 Å². The number of thiophene rings is 1. The highest BCUT2D eigenvalue weighted by atomic mass is 32.1. The van der Waals surface area contributed by atoms with Gasteiger partial charge in [0.2, 0.25) is 5.91 Å². The van der Waals surface area contributed by atoms with Gasteiger partial charge >= 0.3 is 6.03 Å². The summed E-state index contributed by atoms with van der Waals surface area (Å²) in [5.74, 6) is -0.117. The fourth-order valence-corrected chi connectivity index (χ4v) is 5.21. The summed E-state index contributed by atoms with van der Waals surface area (Å²) >= 11 is 1.67. The van der Waals surface area contributed by atoms with Crippen molar-refractivity contribution < 1.29 is 19.4 Å². The molecule has 0 fully saturated rings. The number of aromatic nitrogens is 3. The van der Waals surface area contributed by atoms with Crippen molar-refractivity contribution in [2.24, 2.45) is 5.92 Å². The molecule has 1 aliphatic rings. The van der Waals surface area contributed by atoms with Gasteiger partial charge in [-0.25, -0.2) is 9.48 Å². The predicted molar refractivity (Wildman–Crippen MR) is 147 cm³/mol. The summed E-state index contributed by atoms with van der Waals surface area (Å²) in [6, 6.07) is 11.3. The van der Waals surface area contributed by atoms with Crippen molar-refractivity contribution in [2.75, 3.05) is 32.1 Å². The van der Waals surface area contributed by atoms with E-state index in [1.807, 2.05) is 49.6 Å². The van der Waals surface area contributed by atoms with Gasteiger partial charge in [-0.05, 0) is 42.5 Å². The number of hydrogen-bond donors (Lipinski definition) is 2. The van der Waals surface area contributed by atoms with Crippen molar-refractivity contribution in [3.05, 3.63) is 53.7 Å². The average molecular weight is 541 g/mol. The normalized spacial score (nSPS) is 19.7. The molecule has 3 atom stereocenters. The summed E-state index contributed by atoms with van der Waals surface area (Å²) in [4.78, 5) is 30.6. The van der Waals surface area contributed by atoms with Crippen LogP contribution >= 0.6 is 11.3 Å². The molecule has 10 nitrogen and oxygen atoms in total. The van der Waals surface area contributed by atoms with E-state index in [-0.39, 0.29) is 36.6 Å². The van der Waals surface area contributed by atoms with Gasteiger partial charge in [0.05, 0.1) is 37.3 Å². The summed E-state index contributed by atoms with van der Waals surface area (Å²) in [6.45, 7) is 5.31. The molecule has 4 rings (SSSR count). The molecule has 1 aliphatic heterocycles. The van der Waals surface area contributed by atoms with Gasteiger partial charge in [-0.15, -0.1) is 16.4 Å². The minimum absolute atomic E-state index is 0.0171. The molecule has 0 radical (unpaired) electrons. The number of likely N-dealkylation sites (N-methyl/N-ethyl adjacent to an activating group) is 1. The fourth-order valence-electron chi connectivity index (χ4n) is 4.48. The number of nitrogens with zero attached hydrogens (tertiary/aromatic N) is 5. The highest BCUT2D eigenvalue weighted by Gasteiger charge is 2.29. The first-order chi connectivity index (χ1) is 18.4. The molecule has 3 amide bonds. The van der Waals surface area contributed by atoms with Crippen molar-refractivity contribution in [3.8, 4) is 10.4 Å². The Hall–Kier alpha value is -3.28. The van der Waals surface area contributed by atoms with Crippen LogP contribution in [0.3, 0.4) is 0 Å². The summed E-state index contributed by atoms with van der Waals surface area (Å²) in [6.07, 6.45) is 2.29. The number of aryl methyl sites for hydroxylation is 1. The van der Waals surface area contributed by atoms with E-state index in [0.717, 1.165) is 11.3 Å². The van der Waals surface area contributed by atoms with E-state index in [9.17, 15) is 14.7 Å². The van der Waals surface area contributed by atoms with E-state index in [1.54, 1.807) is 39.1 Å². The number of carbonyl (C=O) groups excluding carboxylic acids is 2. The Labute approximate surface area is 227 Å². The molecule has 0 unspecified atom stereocenters. The van der Waals surface area contributed by atoms with E-state index >= 15 is 0 Å². The molecule has 38 heavy (non-hydrogen) atoms. The molecule has 0 aliphatic carbocycles. The number of amides is 3. The van der Waals surface area contributed by atoms with E-state index in [2.05, 4.69) is 21.7 Å². The topological polar surface area (TPSA) is 113 Å². The van der Waals surface area contributed by atoms with E-state index < -0.39 is 0 Å². The van der Waals surface area contributed by atoms with Gasteiger partial charge in [0.1, 0.15) is 0 Å². The minimum Gasteiger partial charge on any atom is -0.394 e. The van der Waals surface area contributed by atoms with Crippen LogP contribution in [-0.2, 0) is 22.7 Å². The Morgan fingerprint density at radius 1 is 1.32 bits per heavy atom. The van der Waals surface area contributed by atoms with Gasteiger partial charge in [0.25, 0.3) is 0 Å². The largest absolute Gasteiger partial charge is 0.394 e. The first-order valence-corrected chi connectivity index (χ1v) is 13.8. The number of hydrogen-bond acceptors (Lipinski definition) is 7. The number of ether oxygens (including phenoxy) is 1. The van der Waals surface area contributed by atoms with Crippen molar-refractivity contribution in [1.29, 1.82) is 0 Å². The number of nitrogens with one attached hydrogen (secondary N) is 1. The van der Waals surface area contributed by atoms with Crippen LogP contribution in [0.1, 0.15) is 32.4 Å². The lowest BCUT2D eigenvalue weighted by Gasteiger charge is -2.35. The number of aliphatic hydroxyl groups is 1. The van der Waals surface area contributed by atoms with E-state index in [1.165, 1.54) is 4.88 Å². The van der Waals surface area contributed by atoms with Crippen LogP contribution in [0.2, 0.25) is 0 Å². The third-order valence-electron chi connectivity index (χ3n) is 6.88. The Morgan fingerprint density at radius 2 is 2.11 bits per heavy atom. The lowest BCUT2D eigenvalue weighted by molar-refractivity contribution is -0.136. The van der Waals surface area contributed by atoms with Crippen LogP contribution < -0.4 is 5.32 Å². The van der Waals surface area contributed by atoms with E-state index in [0.29, 0.717) is 44.8 Å². The number of aliphatic hydroxyl groups excluding tert-OH is 1. The Morgan fingerprint density at radius 3 is 2.82 bits per heavy atom. The number of urea groups is 1. The van der Waals surface area contributed by atoms with Gasteiger partial charge in [-0.2, -0.15) is 0 Å². The van der Waals surface area contributed by atoms with Gasteiger partial charge < -0.3 is 25.0 Å². The average Bonchev–Trinajstić information content (AvgIpc) is 3.61. The van der Waals surface area contributed by atoms with Crippen LogP contribution in [0.15, 0.2) is 48.0 Å². The molecular formula is C27H36N6O4S. The zero-order chi connectivity index (χ0) is 27.1. The third-order valence-corrected chi connectivity index (χ3v) is 7.80. The van der Waals surface area contributed by atoms with Gasteiger partial charge in [0.15, 0.2) is 0 Å². The first kappa shape index (κ1) is 27.7. The molecule has 0 bridgehead atoms. The quantitative estimate of drug-likeness (QED) is 0.493. The maximum atomic E-state index is 13.1. The predicted octanol–water partition coefficient (Wildman–Crippen LogP) is 3.70. The maximum absolute atomic E-state index is 13.1.